The van der Waals surface area contributed by atoms with Gasteiger partial charge in [-0.05, 0) is 72.7 Å². The smallest absolute Gasteiger partial charge is 0.259 e. The number of hydrogen-bond acceptors (Lipinski definition) is 5. The Kier molecular flexibility index (Phi) is 6.01. The molecular weight excluding hydrogens is 490 g/mol. The van der Waals surface area contributed by atoms with Crippen LogP contribution in [-0.2, 0) is 27.3 Å². The van der Waals surface area contributed by atoms with Gasteiger partial charge in [0, 0.05) is 43.6 Å². The molecule has 1 N–H and O–H groups in total. The first-order valence-corrected chi connectivity index (χ1v) is 14.2. The van der Waals surface area contributed by atoms with Crippen molar-refractivity contribution in [1.29, 1.82) is 0 Å². The number of anilines is 1. The number of piperidine rings is 2. The molecule has 3 fully saturated rings. The molecule has 0 aliphatic carbocycles. The van der Waals surface area contributed by atoms with Crippen molar-refractivity contribution in [3.05, 3.63) is 76.9 Å². The summed E-state index contributed by atoms with van der Waals surface area (Å²) in [6.45, 7) is 4.08. The maximum absolute atomic E-state index is 13.4. The molecule has 0 saturated carbocycles. The number of hydrogen-bond donors (Lipinski definition) is 1. The monoisotopic (exact) mass is 523 g/mol. The molecule has 0 bridgehead atoms. The quantitative estimate of drug-likeness (QED) is 0.504. The number of nitrogens with one attached hydrogen (secondary N) is 1. The second-order valence-electron chi connectivity index (χ2n) is 11.5. The largest absolute Gasteiger partial charge is 0.375 e. The molecule has 4 aliphatic heterocycles. The summed E-state index contributed by atoms with van der Waals surface area (Å²) in [4.78, 5) is 41.8. The van der Waals surface area contributed by atoms with Gasteiger partial charge in [0.05, 0.1) is 11.3 Å². The highest BCUT2D eigenvalue weighted by atomic mass is 16.5. The highest BCUT2D eigenvalue weighted by Crippen LogP contribution is 2.41. The molecule has 7 heteroatoms. The molecule has 1 spiro atoms. The molecule has 3 saturated heterocycles. The van der Waals surface area contributed by atoms with E-state index in [1.54, 1.807) is 4.90 Å². The second-order valence-corrected chi connectivity index (χ2v) is 11.5. The lowest BCUT2D eigenvalue weighted by atomic mass is 9.88. The van der Waals surface area contributed by atoms with Gasteiger partial charge in [0.2, 0.25) is 11.8 Å². The Balaban J connectivity index is 1.08. The van der Waals surface area contributed by atoms with Crippen LogP contribution in [-0.4, -0.2) is 54.0 Å². The van der Waals surface area contributed by atoms with E-state index in [1.807, 2.05) is 18.2 Å². The molecule has 39 heavy (non-hydrogen) atoms. The van der Waals surface area contributed by atoms with Crippen molar-refractivity contribution in [1.82, 2.24) is 10.2 Å². The van der Waals surface area contributed by atoms with Crippen LogP contribution in [0.3, 0.4) is 0 Å². The van der Waals surface area contributed by atoms with E-state index in [4.69, 9.17) is 4.74 Å². The van der Waals surface area contributed by atoms with Crippen molar-refractivity contribution >= 4 is 34.2 Å². The third kappa shape index (κ3) is 4.34. The van der Waals surface area contributed by atoms with Gasteiger partial charge in [-0.15, -0.1) is 0 Å². The number of likely N-dealkylation sites (tertiary alicyclic amines) is 1. The van der Waals surface area contributed by atoms with E-state index in [-0.39, 0.29) is 23.8 Å². The fourth-order valence-corrected chi connectivity index (χ4v) is 6.97. The van der Waals surface area contributed by atoms with E-state index >= 15 is 0 Å². The Labute approximate surface area is 228 Å². The molecule has 3 amide bonds. The van der Waals surface area contributed by atoms with Crippen LogP contribution in [0.5, 0.6) is 0 Å². The normalized spacial score (nSPS) is 22.7. The van der Waals surface area contributed by atoms with E-state index in [0.29, 0.717) is 12.0 Å². The zero-order valence-corrected chi connectivity index (χ0v) is 22.1. The van der Waals surface area contributed by atoms with E-state index in [2.05, 4.69) is 46.6 Å². The predicted octanol–water partition coefficient (Wildman–Crippen LogP) is 4.34. The zero-order valence-electron chi connectivity index (χ0n) is 22.1. The molecule has 7 nitrogen and oxygen atoms in total. The summed E-state index contributed by atoms with van der Waals surface area (Å²) in [6, 6.07) is 18.1. The van der Waals surface area contributed by atoms with Crippen LogP contribution in [0, 0.1) is 0 Å². The van der Waals surface area contributed by atoms with Crippen LogP contribution in [0.15, 0.2) is 54.6 Å². The number of rotatable bonds is 5. The first kappa shape index (κ1) is 24.5. The van der Waals surface area contributed by atoms with Crippen LogP contribution in [0.4, 0.5) is 5.69 Å². The van der Waals surface area contributed by atoms with Crippen molar-refractivity contribution in [3.8, 4) is 0 Å². The summed E-state index contributed by atoms with van der Waals surface area (Å²) in [5, 5.41) is 4.33. The molecule has 0 aromatic heterocycles. The van der Waals surface area contributed by atoms with E-state index in [9.17, 15) is 14.4 Å². The van der Waals surface area contributed by atoms with Crippen LogP contribution in [0.25, 0.3) is 10.8 Å². The van der Waals surface area contributed by atoms with Crippen molar-refractivity contribution in [2.45, 2.75) is 63.1 Å². The molecule has 7 rings (SSSR count). The Hall–Kier alpha value is -3.55. The van der Waals surface area contributed by atoms with Crippen LogP contribution >= 0.6 is 0 Å². The van der Waals surface area contributed by atoms with Gasteiger partial charge in [-0.3, -0.25) is 29.5 Å². The van der Waals surface area contributed by atoms with Crippen LogP contribution in [0.1, 0.15) is 65.6 Å². The predicted molar refractivity (Wildman–Crippen MR) is 149 cm³/mol. The maximum Gasteiger partial charge on any atom is 0.259 e. The Morgan fingerprint density at radius 1 is 0.923 bits per heavy atom. The summed E-state index contributed by atoms with van der Waals surface area (Å²) < 4.78 is 6.07. The highest BCUT2D eigenvalue weighted by molar-refractivity contribution is 6.27. The lowest BCUT2D eigenvalue weighted by Gasteiger charge is -2.38. The lowest BCUT2D eigenvalue weighted by Crippen LogP contribution is -2.53. The molecule has 3 aromatic rings. The minimum absolute atomic E-state index is 0.156. The van der Waals surface area contributed by atoms with Gasteiger partial charge in [0.1, 0.15) is 6.04 Å². The molecule has 1 unspecified atom stereocenters. The molecule has 1 atom stereocenters. The number of benzene rings is 3. The number of ether oxygens (including phenoxy) is 1. The molecule has 200 valence electrons. The molecular formula is C32H33N3O4. The van der Waals surface area contributed by atoms with Crippen molar-refractivity contribution < 1.29 is 19.1 Å². The molecule has 3 aromatic carbocycles. The fourth-order valence-electron chi connectivity index (χ4n) is 6.97. The molecule has 4 heterocycles. The van der Waals surface area contributed by atoms with Gasteiger partial charge >= 0.3 is 0 Å². The molecule has 4 aliphatic rings. The van der Waals surface area contributed by atoms with Gasteiger partial charge in [-0.2, -0.15) is 0 Å². The third-order valence-electron chi connectivity index (χ3n) is 9.12. The van der Waals surface area contributed by atoms with E-state index in [0.717, 1.165) is 67.5 Å². The van der Waals surface area contributed by atoms with Crippen molar-refractivity contribution in [2.24, 2.45) is 0 Å². The minimum atomic E-state index is -0.666. The number of carbonyl (C=O) groups excluding carboxylic acids is 3. The second kappa shape index (κ2) is 9.57. The van der Waals surface area contributed by atoms with Crippen LogP contribution < -0.4 is 10.2 Å². The highest BCUT2D eigenvalue weighted by Gasteiger charge is 2.41. The lowest BCUT2D eigenvalue weighted by molar-refractivity contribution is -0.134. The Bertz CT molecular complexity index is 1460. The van der Waals surface area contributed by atoms with E-state index < -0.39 is 11.9 Å². The Morgan fingerprint density at radius 3 is 2.46 bits per heavy atom. The van der Waals surface area contributed by atoms with E-state index in [1.165, 1.54) is 24.0 Å². The summed E-state index contributed by atoms with van der Waals surface area (Å²) in [7, 11) is 0. The van der Waals surface area contributed by atoms with Gasteiger partial charge in [0.15, 0.2) is 0 Å². The Morgan fingerprint density at radius 2 is 1.72 bits per heavy atom. The SMILES string of the molecule is O=C1CCC(N2C(=O)c3cccc4c(Cc5ccc(CN6CCC7(CCCO7)CC6)cc5)ccc2c34)C(=O)N1. The standard InChI is InChI=1S/C32H33N3O4/c36-28-12-11-27(30(37)33-28)35-26-10-9-23(24-3-1-4-25(29(24)26)31(35)38)19-21-5-7-22(8-6-21)20-34-16-14-32(15-17-34)13-2-18-39-32/h1,3-10,27H,2,11-20H2,(H,33,36,37). The van der Waals surface area contributed by atoms with Gasteiger partial charge in [-0.1, -0.05) is 42.5 Å². The summed E-state index contributed by atoms with van der Waals surface area (Å²) >= 11 is 0. The number of imide groups is 1. The van der Waals surface area contributed by atoms with Gasteiger partial charge in [0.25, 0.3) is 5.91 Å². The number of amides is 3. The first-order chi connectivity index (χ1) is 19.0. The fraction of sp³-hybridized carbons (Fsp3) is 0.406. The zero-order chi connectivity index (χ0) is 26.6. The van der Waals surface area contributed by atoms with Crippen molar-refractivity contribution in [3.63, 3.8) is 0 Å². The molecule has 0 radical (unpaired) electrons. The summed E-state index contributed by atoms with van der Waals surface area (Å²) in [6.07, 6.45) is 6.04. The number of carbonyl (C=O) groups is 3. The van der Waals surface area contributed by atoms with Gasteiger partial charge in [-0.25, -0.2) is 0 Å². The minimum Gasteiger partial charge on any atom is -0.375 e. The average molecular weight is 524 g/mol. The summed E-state index contributed by atoms with van der Waals surface area (Å²) in [5.74, 6) is -0.856. The van der Waals surface area contributed by atoms with Crippen molar-refractivity contribution in [2.75, 3.05) is 24.6 Å². The average Bonchev–Trinajstić information content (AvgIpc) is 3.52. The number of nitrogens with zero attached hydrogens (tertiary/aromatic N) is 2. The van der Waals surface area contributed by atoms with Crippen LogP contribution in [0.2, 0.25) is 0 Å². The van der Waals surface area contributed by atoms with Gasteiger partial charge < -0.3 is 4.74 Å². The topological polar surface area (TPSA) is 79.0 Å². The first-order valence-electron chi connectivity index (χ1n) is 14.2. The third-order valence-corrected chi connectivity index (χ3v) is 9.12. The summed E-state index contributed by atoms with van der Waals surface area (Å²) in [5.41, 5.74) is 5.24. The maximum atomic E-state index is 13.4.